The van der Waals surface area contributed by atoms with Crippen molar-refractivity contribution in [2.24, 2.45) is 0 Å². The average molecular weight is 602 g/mol. The van der Waals surface area contributed by atoms with E-state index in [2.05, 4.69) is 88.4 Å². The van der Waals surface area contributed by atoms with Crippen molar-refractivity contribution < 1.29 is 52.4 Å². The van der Waals surface area contributed by atoms with E-state index in [1.54, 1.807) is 0 Å². The zero-order valence-corrected chi connectivity index (χ0v) is 24.9. The fraction of sp³-hybridized carbons (Fsp3) is 0.571. The molecule has 0 atom stereocenters. The molecule has 0 aliphatic rings. The van der Waals surface area contributed by atoms with E-state index < -0.39 is 0 Å². The van der Waals surface area contributed by atoms with Crippen molar-refractivity contribution in [2.75, 3.05) is 65.7 Å². The van der Waals surface area contributed by atoms with E-state index >= 15 is 0 Å². The average Bonchev–Trinajstić information content (AvgIpc) is 2.85. The van der Waals surface area contributed by atoms with Crippen molar-refractivity contribution in [3.05, 3.63) is 71.8 Å². The smallest absolute Gasteiger partial charge is 0.104 e. The predicted octanol–water partition coefficient (Wildman–Crippen LogP) is -0.859. The minimum atomic E-state index is 0. The van der Waals surface area contributed by atoms with Crippen LogP contribution in [0.1, 0.15) is 38.8 Å². The zero-order chi connectivity index (χ0) is 23.1. The first-order valence-corrected chi connectivity index (χ1v) is 12.5. The van der Waals surface area contributed by atoms with Gasteiger partial charge in [-0.05, 0) is 27.7 Å². The molecule has 2 aromatic carbocycles. The van der Waals surface area contributed by atoms with Gasteiger partial charge in [0.2, 0.25) is 0 Å². The summed E-state index contributed by atoms with van der Waals surface area (Å²) in [6.45, 7) is 20.8. The van der Waals surface area contributed by atoms with E-state index in [1.807, 2.05) is 0 Å². The van der Waals surface area contributed by atoms with Gasteiger partial charge in [0.25, 0.3) is 0 Å². The normalized spacial score (nSPS) is 11.5. The molecule has 34 heavy (non-hydrogen) atoms. The number of hydrogen-bond acceptors (Lipinski definition) is 2. The minimum Gasteiger partial charge on any atom is -1.00 e. The molecule has 194 valence electrons. The molecule has 0 amide bonds. The van der Waals surface area contributed by atoms with Gasteiger partial charge in [-0.15, -0.1) is 0 Å². The third-order valence-electron chi connectivity index (χ3n) is 7.20. The Bertz CT molecular complexity index is 660. The lowest BCUT2D eigenvalue weighted by atomic mass is 10.2. The first kappa shape index (κ1) is 33.2. The largest absolute Gasteiger partial charge is 1.00 e. The first-order chi connectivity index (χ1) is 15.6. The van der Waals surface area contributed by atoms with Crippen LogP contribution in [0, 0.1) is 0 Å². The molecule has 0 N–H and O–H groups in total. The standard InChI is InChI=1S/C28H46N2O2.2BrH/c1-5-29(6-2,25-27-15-11-9-12-16-27)19-21-31-23-24-32-22-20-30(7-3,8-4)26-28-17-13-10-14-18-28;;/h9-18H,5-8,19-26H2,1-4H3;2*1H/q+2;;/p-2. The molecule has 0 aliphatic heterocycles. The van der Waals surface area contributed by atoms with Gasteiger partial charge in [-0.2, -0.15) is 0 Å². The summed E-state index contributed by atoms with van der Waals surface area (Å²) in [4.78, 5) is 0. The molecule has 0 bridgehead atoms. The topological polar surface area (TPSA) is 18.5 Å². The summed E-state index contributed by atoms with van der Waals surface area (Å²) in [5.74, 6) is 0. The lowest BCUT2D eigenvalue weighted by molar-refractivity contribution is -0.938. The number of quaternary nitrogens is 2. The Balaban J connectivity index is 0.00000544. The third kappa shape index (κ3) is 11.3. The Morgan fingerprint density at radius 1 is 0.500 bits per heavy atom. The van der Waals surface area contributed by atoms with Gasteiger partial charge < -0.3 is 52.4 Å². The van der Waals surface area contributed by atoms with Crippen LogP contribution in [0.2, 0.25) is 0 Å². The highest BCUT2D eigenvalue weighted by molar-refractivity contribution is 5.14. The second kappa shape index (κ2) is 18.5. The van der Waals surface area contributed by atoms with Gasteiger partial charge in [0, 0.05) is 11.1 Å². The molecule has 2 rings (SSSR count). The van der Waals surface area contributed by atoms with E-state index in [4.69, 9.17) is 9.47 Å². The maximum atomic E-state index is 5.97. The molecule has 0 heterocycles. The summed E-state index contributed by atoms with van der Waals surface area (Å²) in [5.41, 5.74) is 2.81. The summed E-state index contributed by atoms with van der Waals surface area (Å²) < 4.78 is 14.1. The Kier molecular flexibility index (Phi) is 18.1. The van der Waals surface area contributed by atoms with Crippen molar-refractivity contribution in [1.29, 1.82) is 0 Å². The summed E-state index contributed by atoms with van der Waals surface area (Å²) in [6, 6.07) is 21.6. The van der Waals surface area contributed by atoms with E-state index in [1.165, 1.54) is 11.1 Å². The molecular weight excluding hydrogens is 556 g/mol. The molecule has 0 radical (unpaired) electrons. The van der Waals surface area contributed by atoms with Crippen molar-refractivity contribution in [2.45, 2.75) is 40.8 Å². The second-order valence-corrected chi connectivity index (χ2v) is 8.91. The van der Waals surface area contributed by atoms with Crippen LogP contribution >= 0.6 is 0 Å². The summed E-state index contributed by atoms with van der Waals surface area (Å²) in [5, 5.41) is 0. The number of ether oxygens (including phenoxy) is 2. The number of nitrogens with zero attached hydrogens (tertiary/aromatic N) is 2. The van der Waals surface area contributed by atoms with Gasteiger partial charge >= 0.3 is 0 Å². The van der Waals surface area contributed by atoms with Crippen LogP contribution in [0.25, 0.3) is 0 Å². The van der Waals surface area contributed by atoms with Gasteiger partial charge in [-0.1, -0.05) is 60.7 Å². The molecule has 0 saturated carbocycles. The SMILES string of the molecule is CC[N+](CC)(CCOCCOCC[N+](CC)(CC)Cc1ccccc1)Cc1ccccc1.[Br-].[Br-]. The van der Waals surface area contributed by atoms with Crippen LogP contribution in [0.3, 0.4) is 0 Å². The fourth-order valence-electron chi connectivity index (χ4n) is 4.46. The molecule has 0 unspecified atom stereocenters. The van der Waals surface area contributed by atoms with Gasteiger partial charge in [-0.3, -0.25) is 0 Å². The minimum absolute atomic E-state index is 0. The Labute approximate surface area is 230 Å². The van der Waals surface area contributed by atoms with Crippen molar-refractivity contribution in [3.63, 3.8) is 0 Å². The Hall–Kier alpha value is -0.760. The molecule has 2 aromatic rings. The Morgan fingerprint density at radius 3 is 1.12 bits per heavy atom. The maximum absolute atomic E-state index is 5.97. The highest BCUT2D eigenvalue weighted by Gasteiger charge is 2.24. The fourth-order valence-corrected chi connectivity index (χ4v) is 4.46. The molecule has 0 fully saturated rings. The van der Waals surface area contributed by atoms with Gasteiger partial charge in [-0.25, -0.2) is 0 Å². The number of rotatable bonds is 17. The molecule has 6 heteroatoms. The first-order valence-electron chi connectivity index (χ1n) is 12.5. The van der Waals surface area contributed by atoms with Crippen LogP contribution < -0.4 is 34.0 Å². The summed E-state index contributed by atoms with van der Waals surface area (Å²) in [7, 11) is 0. The predicted molar refractivity (Wildman–Crippen MR) is 134 cm³/mol. The highest BCUT2D eigenvalue weighted by Crippen LogP contribution is 2.15. The molecule has 0 spiro atoms. The van der Waals surface area contributed by atoms with Crippen molar-refractivity contribution >= 4 is 0 Å². The molecular formula is C28H46Br2N2O2. The second-order valence-electron chi connectivity index (χ2n) is 8.91. The van der Waals surface area contributed by atoms with E-state index in [-0.39, 0.29) is 34.0 Å². The number of likely N-dealkylation sites (N-methyl/N-ethyl adjacent to an activating group) is 2. The van der Waals surface area contributed by atoms with Crippen LogP contribution in [0.4, 0.5) is 0 Å². The highest BCUT2D eigenvalue weighted by atomic mass is 79.9. The zero-order valence-electron chi connectivity index (χ0n) is 21.7. The molecule has 4 nitrogen and oxygen atoms in total. The molecule has 0 aliphatic carbocycles. The molecule has 0 aromatic heterocycles. The van der Waals surface area contributed by atoms with Crippen molar-refractivity contribution in [3.8, 4) is 0 Å². The summed E-state index contributed by atoms with van der Waals surface area (Å²) in [6.07, 6.45) is 0. The van der Waals surface area contributed by atoms with Gasteiger partial charge in [0.1, 0.15) is 26.2 Å². The monoisotopic (exact) mass is 600 g/mol. The number of hydrogen-bond donors (Lipinski definition) is 0. The maximum Gasteiger partial charge on any atom is 0.104 e. The number of benzene rings is 2. The Morgan fingerprint density at radius 2 is 0.824 bits per heavy atom. The quantitative estimate of drug-likeness (QED) is 0.174. The number of halogens is 2. The van der Waals surface area contributed by atoms with E-state index in [0.717, 1.165) is 74.5 Å². The van der Waals surface area contributed by atoms with Gasteiger partial charge in [0.05, 0.1) is 52.6 Å². The van der Waals surface area contributed by atoms with Crippen LogP contribution in [0.5, 0.6) is 0 Å². The molecule has 0 saturated heterocycles. The third-order valence-corrected chi connectivity index (χ3v) is 7.20. The lowest BCUT2D eigenvalue weighted by Gasteiger charge is -2.37. The van der Waals surface area contributed by atoms with Crippen LogP contribution in [0.15, 0.2) is 60.7 Å². The summed E-state index contributed by atoms with van der Waals surface area (Å²) >= 11 is 0. The van der Waals surface area contributed by atoms with E-state index in [0.29, 0.717) is 13.2 Å². The van der Waals surface area contributed by atoms with Crippen molar-refractivity contribution in [1.82, 2.24) is 0 Å². The van der Waals surface area contributed by atoms with Crippen LogP contribution in [-0.2, 0) is 22.6 Å². The van der Waals surface area contributed by atoms with E-state index in [9.17, 15) is 0 Å². The van der Waals surface area contributed by atoms with Gasteiger partial charge in [0.15, 0.2) is 0 Å². The van der Waals surface area contributed by atoms with Crippen LogP contribution in [-0.4, -0.2) is 74.7 Å². The lowest BCUT2D eigenvalue weighted by Crippen LogP contribution is -3.00.